The van der Waals surface area contributed by atoms with Crippen LogP contribution in [-0.4, -0.2) is 31.6 Å². The average molecular weight is 444 g/mol. The monoisotopic (exact) mass is 443 g/mol. The fourth-order valence-electron chi connectivity index (χ4n) is 1.28. The highest BCUT2D eigenvalue weighted by molar-refractivity contribution is 14.0. The third kappa shape index (κ3) is 7.48. The number of guanidine groups is 1. The second-order valence-electron chi connectivity index (χ2n) is 3.47. The molecule has 0 atom stereocenters. The number of halogens is 2. The molecule has 102 valence electrons. The van der Waals surface area contributed by atoms with Crippen molar-refractivity contribution in [3.63, 3.8) is 0 Å². The molecule has 0 heterocycles. The maximum Gasteiger partial charge on any atom is 0.191 e. The molecule has 3 nitrogen and oxygen atoms in total. The Bertz CT molecular complexity index is 357. The van der Waals surface area contributed by atoms with Crippen molar-refractivity contribution in [2.24, 2.45) is 4.99 Å². The lowest BCUT2D eigenvalue weighted by atomic mass is 10.2. The summed E-state index contributed by atoms with van der Waals surface area (Å²) in [6, 6.07) is 8.26. The smallest absolute Gasteiger partial charge is 0.191 e. The van der Waals surface area contributed by atoms with Crippen LogP contribution < -0.4 is 10.6 Å². The van der Waals surface area contributed by atoms with Crippen LogP contribution in [0.5, 0.6) is 0 Å². The Labute approximate surface area is 139 Å². The maximum absolute atomic E-state index is 4.17. The van der Waals surface area contributed by atoms with E-state index in [0.29, 0.717) is 0 Å². The van der Waals surface area contributed by atoms with Crippen LogP contribution in [-0.2, 0) is 6.54 Å². The number of aliphatic imine (C=N–C) groups is 1. The molecule has 1 aromatic rings. The van der Waals surface area contributed by atoms with E-state index in [9.17, 15) is 0 Å². The Balaban J connectivity index is 0.00000289. The zero-order valence-electron chi connectivity index (χ0n) is 10.6. The van der Waals surface area contributed by atoms with E-state index in [1.807, 2.05) is 23.9 Å². The van der Waals surface area contributed by atoms with Crippen molar-refractivity contribution in [1.29, 1.82) is 0 Å². The molecule has 1 rings (SSSR count). The van der Waals surface area contributed by atoms with Gasteiger partial charge in [-0.2, -0.15) is 11.8 Å². The molecule has 0 aromatic heterocycles. The average Bonchev–Trinajstić information content (AvgIpc) is 2.35. The summed E-state index contributed by atoms with van der Waals surface area (Å²) in [4.78, 5) is 4.17. The van der Waals surface area contributed by atoms with Crippen LogP contribution in [0.3, 0.4) is 0 Å². The summed E-state index contributed by atoms with van der Waals surface area (Å²) in [6.07, 6.45) is 2.10. The minimum absolute atomic E-state index is 0. The standard InChI is InChI=1S/C12H18BrN3S.HI/c1-14-12(15-7-8-17-2)16-9-10-3-5-11(13)6-4-10;/h3-6H,7-9H2,1-2H3,(H2,14,15,16);1H. The number of nitrogens with zero attached hydrogens (tertiary/aromatic N) is 1. The van der Waals surface area contributed by atoms with Gasteiger partial charge < -0.3 is 10.6 Å². The molecule has 0 fully saturated rings. The number of rotatable bonds is 5. The molecule has 0 bridgehead atoms. The zero-order valence-corrected chi connectivity index (χ0v) is 15.3. The third-order valence-electron chi connectivity index (χ3n) is 2.20. The Morgan fingerprint density at radius 1 is 1.28 bits per heavy atom. The van der Waals surface area contributed by atoms with Crippen LogP contribution >= 0.6 is 51.7 Å². The van der Waals surface area contributed by atoms with E-state index >= 15 is 0 Å². The third-order valence-corrected chi connectivity index (χ3v) is 3.34. The van der Waals surface area contributed by atoms with E-state index in [0.717, 1.165) is 29.3 Å². The van der Waals surface area contributed by atoms with Crippen LogP contribution in [0, 0.1) is 0 Å². The first-order valence-corrected chi connectivity index (χ1v) is 7.63. The second-order valence-corrected chi connectivity index (χ2v) is 5.37. The van der Waals surface area contributed by atoms with Gasteiger partial charge in [-0.3, -0.25) is 4.99 Å². The molecule has 0 amide bonds. The molecule has 0 aliphatic carbocycles. The number of benzene rings is 1. The molecule has 0 aliphatic rings. The molecule has 6 heteroatoms. The van der Waals surface area contributed by atoms with Crippen molar-refractivity contribution in [3.8, 4) is 0 Å². The Hall–Kier alpha value is 0.0500. The van der Waals surface area contributed by atoms with E-state index < -0.39 is 0 Å². The van der Waals surface area contributed by atoms with Gasteiger partial charge in [0.2, 0.25) is 0 Å². The van der Waals surface area contributed by atoms with Crippen molar-refractivity contribution < 1.29 is 0 Å². The highest BCUT2D eigenvalue weighted by Gasteiger charge is 1.97. The molecule has 18 heavy (non-hydrogen) atoms. The first-order valence-electron chi connectivity index (χ1n) is 5.44. The maximum atomic E-state index is 4.17. The van der Waals surface area contributed by atoms with E-state index in [4.69, 9.17) is 0 Å². The molecule has 1 aromatic carbocycles. The molecule has 0 radical (unpaired) electrons. The quantitative estimate of drug-likeness (QED) is 0.317. The lowest BCUT2D eigenvalue weighted by Gasteiger charge is -2.11. The summed E-state index contributed by atoms with van der Waals surface area (Å²) in [5.74, 6) is 1.93. The van der Waals surface area contributed by atoms with E-state index in [2.05, 4.69) is 49.9 Å². The highest BCUT2D eigenvalue weighted by atomic mass is 127. The van der Waals surface area contributed by atoms with Gasteiger partial charge in [0.15, 0.2) is 5.96 Å². The van der Waals surface area contributed by atoms with Gasteiger partial charge in [0.1, 0.15) is 0 Å². The second kappa shape index (κ2) is 10.9. The van der Waals surface area contributed by atoms with Gasteiger partial charge in [-0.1, -0.05) is 28.1 Å². The van der Waals surface area contributed by atoms with Gasteiger partial charge in [0, 0.05) is 30.4 Å². The van der Waals surface area contributed by atoms with Crippen molar-refractivity contribution in [3.05, 3.63) is 34.3 Å². The summed E-state index contributed by atoms with van der Waals surface area (Å²) in [6.45, 7) is 1.72. The predicted octanol–water partition coefficient (Wildman–Crippen LogP) is 3.10. The molecule has 0 spiro atoms. The minimum atomic E-state index is 0. The van der Waals surface area contributed by atoms with Crippen LogP contribution in [0.2, 0.25) is 0 Å². The lowest BCUT2D eigenvalue weighted by molar-refractivity contribution is 0.833. The highest BCUT2D eigenvalue weighted by Crippen LogP contribution is 2.10. The Morgan fingerprint density at radius 3 is 2.50 bits per heavy atom. The zero-order chi connectivity index (χ0) is 12.5. The van der Waals surface area contributed by atoms with Gasteiger partial charge in [-0.15, -0.1) is 24.0 Å². The first-order chi connectivity index (χ1) is 8.26. The molecule has 2 N–H and O–H groups in total. The van der Waals surface area contributed by atoms with Crippen molar-refractivity contribution in [2.45, 2.75) is 6.54 Å². The van der Waals surface area contributed by atoms with E-state index in [1.165, 1.54) is 5.56 Å². The van der Waals surface area contributed by atoms with Crippen LogP contribution in [0.1, 0.15) is 5.56 Å². The Kier molecular flexibility index (Phi) is 11.0. The summed E-state index contributed by atoms with van der Waals surface area (Å²) in [5.41, 5.74) is 1.24. The molecular formula is C12H19BrIN3S. The predicted molar refractivity (Wildman–Crippen MR) is 96.1 cm³/mol. The summed E-state index contributed by atoms with van der Waals surface area (Å²) >= 11 is 5.24. The van der Waals surface area contributed by atoms with Gasteiger partial charge >= 0.3 is 0 Å². The number of nitrogens with one attached hydrogen (secondary N) is 2. The lowest BCUT2D eigenvalue weighted by Crippen LogP contribution is -2.37. The van der Waals surface area contributed by atoms with Gasteiger partial charge in [0.25, 0.3) is 0 Å². The number of hydrogen-bond donors (Lipinski definition) is 2. The van der Waals surface area contributed by atoms with Crippen LogP contribution in [0.4, 0.5) is 0 Å². The van der Waals surface area contributed by atoms with E-state index in [1.54, 1.807) is 7.05 Å². The molecule has 0 saturated carbocycles. The molecule has 0 saturated heterocycles. The largest absolute Gasteiger partial charge is 0.356 e. The summed E-state index contributed by atoms with van der Waals surface area (Å²) < 4.78 is 1.10. The van der Waals surface area contributed by atoms with Gasteiger partial charge in [-0.05, 0) is 24.0 Å². The first kappa shape index (κ1) is 18.0. The minimum Gasteiger partial charge on any atom is -0.356 e. The SMILES string of the molecule is CN=C(NCCSC)NCc1ccc(Br)cc1.I. The topological polar surface area (TPSA) is 36.4 Å². The molecule has 0 aliphatic heterocycles. The van der Waals surface area contributed by atoms with Crippen LogP contribution in [0.15, 0.2) is 33.7 Å². The number of thioether (sulfide) groups is 1. The fourth-order valence-corrected chi connectivity index (χ4v) is 1.85. The molecule has 0 unspecified atom stereocenters. The van der Waals surface area contributed by atoms with Crippen molar-refractivity contribution in [1.82, 2.24) is 10.6 Å². The summed E-state index contributed by atoms with van der Waals surface area (Å²) in [7, 11) is 1.79. The van der Waals surface area contributed by atoms with Crippen molar-refractivity contribution >= 4 is 57.6 Å². The molecular weight excluding hydrogens is 425 g/mol. The van der Waals surface area contributed by atoms with Crippen LogP contribution in [0.25, 0.3) is 0 Å². The van der Waals surface area contributed by atoms with Gasteiger partial charge in [0.05, 0.1) is 0 Å². The fraction of sp³-hybridized carbons (Fsp3) is 0.417. The Morgan fingerprint density at radius 2 is 1.94 bits per heavy atom. The normalized spacial score (nSPS) is 10.7. The van der Waals surface area contributed by atoms with E-state index in [-0.39, 0.29) is 24.0 Å². The summed E-state index contributed by atoms with van der Waals surface area (Å²) in [5, 5.41) is 6.54. The van der Waals surface area contributed by atoms with Gasteiger partial charge in [-0.25, -0.2) is 0 Å². The number of hydrogen-bond acceptors (Lipinski definition) is 2. The van der Waals surface area contributed by atoms with Crippen molar-refractivity contribution in [2.75, 3.05) is 25.6 Å².